The number of benzene rings is 2. The largest absolute Gasteiger partial charge is 0.486 e. The quantitative estimate of drug-likeness (QED) is 0.506. The van der Waals surface area contributed by atoms with Gasteiger partial charge in [0.25, 0.3) is 0 Å². The zero-order valence-corrected chi connectivity index (χ0v) is 14.9. The second-order valence-corrected chi connectivity index (χ2v) is 7.03. The van der Waals surface area contributed by atoms with E-state index in [1.807, 2.05) is 13.0 Å². The van der Waals surface area contributed by atoms with Gasteiger partial charge in [0.2, 0.25) is 0 Å². The lowest BCUT2D eigenvalue weighted by Crippen LogP contribution is -2.08. The maximum Gasteiger partial charge on any atom is 0.166 e. The molecule has 0 N–H and O–H groups in total. The smallest absolute Gasteiger partial charge is 0.166 e. The molecular formula is C17H12ClF2NOS2. The molecule has 3 aromatic rings. The predicted octanol–water partition coefficient (Wildman–Crippen LogP) is 6.09. The Morgan fingerprint density at radius 2 is 1.92 bits per heavy atom. The van der Waals surface area contributed by atoms with E-state index >= 15 is 0 Å². The van der Waals surface area contributed by atoms with Crippen LogP contribution in [0.1, 0.15) is 11.3 Å². The number of nitrogens with zero attached hydrogens (tertiary/aromatic N) is 1. The predicted molar refractivity (Wildman–Crippen MR) is 94.9 cm³/mol. The number of aryl methyl sites for hydroxylation is 1. The van der Waals surface area contributed by atoms with Crippen LogP contribution in [-0.4, -0.2) is 4.57 Å². The molecule has 0 amide bonds. The van der Waals surface area contributed by atoms with E-state index in [2.05, 4.69) is 0 Å². The summed E-state index contributed by atoms with van der Waals surface area (Å²) in [6, 6.07) is 9.11. The molecule has 0 saturated carbocycles. The number of para-hydroxylation sites is 1. The first-order valence-corrected chi connectivity index (χ1v) is 8.66. The van der Waals surface area contributed by atoms with Gasteiger partial charge in [0, 0.05) is 5.38 Å². The molecular weight excluding hydrogens is 372 g/mol. The summed E-state index contributed by atoms with van der Waals surface area (Å²) in [6.45, 7) is 2.01. The van der Waals surface area contributed by atoms with E-state index in [4.69, 9.17) is 28.6 Å². The highest BCUT2D eigenvalue weighted by molar-refractivity contribution is 7.73. The van der Waals surface area contributed by atoms with Gasteiger partial charge in [-0.15, -0.1) is 11.3 Å². The normalized spacial score (nSPS) is 10.8. The zero-order chi connectivity index (χ0) is 17.3. The van der Waals surface area contributed by atoms with Crippen molar-refractivity contribution in [2.45, 2.75) is 13.5 Å². The Balaban J connectivity index is 1.97. The zero-order valence-electron chi connectivity index (χ0n) is 12.6. The Kier molecular flexibility index (Phi) is 4.99. The third-order valence-corrected chi connectivity index (χ3v) is 4.95. The fourth-order valence-electron chi connectivity index (χ4n) is 2.25. The second-order valence-electron chi connectivity index (χ2n) is 5.12. The summed E-state index contributed by atoms with van der Waals surface area (Å²) in [7, 11) is 0. The van der Waals surface area contributed by atoms with Crippen molar-refractivity contribution in [2.24, 2.45) is 0 Å². The maximum atomic E-state index is 14.1. The molecule has 0 bridgehead atoms. The molecule has 3 rings (SSSR count). The summed E-state index contributed by atoms with van der Waals surface area (Å²) in [4.78, 5) is 0. The summed E-state index contributed by atoms with van der Waals surface area (Å²) in [5, 5.41) is 2.19. The van der Waals surface area contributed by atoms with Crippen LogP contribution < -0.4 is 4.74 Å². The molecule has 124 valence electrons. The van der Waals surface area contributed by atoms with Gasteiger partial charge in [0.15, 0.2) is 3.95 Å². The maximum absolute atomic E-state index is 14.1. The third-order valence-electron chi connectivity index (χ3n) is 3.39. The van der Waals surface area contributed by atoms with E-state index in [0.29, 0.717) is 20.4 Å². The van der Waals surface area contributed by atoms with Gasteiger partial charge in [-0.25, -0.2) is 8.78 Å². The van der Waals surface area contributed by atoms with Crippen LogP contribution in [0.5, 0.6) is 5.75 Å². The fourth-order valence-corrected chi connectivity index (χ4v) is 3.50. The molecule has 0 spiro atoms. The molecule has 0 aliphatic heterocycles. The van der Waals surface area contributed by atoms with Crippen LogP contribution in [-0.2, 0) is 6.61 Å². The Morgan fingerprint density at radius 1 is 1.21 bits per heavy atom. The Hall–Kier alpha value is -1.76. The highest BCUT2D eigenvalue weighted by atomic mass is 35.5. The van der Waals surface area contributed by atoms with Gasteiger partial charge in [-0.05, 0) is 49.0 Å². The number of ether oxygens (including phenoxy) is 1. The molecule has 2 nitrogen and oxygen atoms in total. The van der Waals surface area contributed by atoms with E-state index in [9.17, 15) is 8.78 Å². The van der Waals surface area contributed by atoms with Gasteiger partial charge < -0.3 is 4.74 Å². The van der Waals surface area contributed by atoms with Crippen molar-refractivity contribution in [1.29, 1.82) is 0 Å². The Bertz CT molecular complexity index is 932. The second kappa shape index (κ2) is 7.01. The first-order valence-electron chi connectivity index (χ1n) is 7.00. The van der Waals surface area contributed by atoms with Gasteiger partial charge in [-0.3, -0.25) is 4.57 Å². The molecule has 1 heterocycles. The summed E-state index contributed by atoms with van der Waals surface area (Å²) < 4.78 is 35.6. The minimum atomic E-state index is -0.681. The van der Waals surface area contributed by atoms with Crippen LogP contribution in [0, 0.1) is 22.5 Å². The van der Waals surface area contributed by atoms with Gasteiger partial charge >= 0.3 is 0 Å². The van der Waals surface area contributed by atoms with E-state index in [1.54, 1.807) is 17.5 Å². The third kappa shape index (κ3) is 3.36. The molecule has 24 heavy (non-hydrogen) atoms. The molecule has 1 aromatic heterocycles. The molecule has 0 aliphatic rings. The number of rotatable bonds is 4. The summed E-state index contributed by atoms with van der Waals surface area (Å²) in [6.07, 6.45) is 0. The molecule has 0 atom stereocenters. The van der Waals surface area contributed by atoms with E-state index in [-0.39, 0.29) is 12.3 Å². The standard InChI is InChI=1S/C17H12ClF2NOS2/c1-10-5-6-12(18)15(7-10)22-8-11-9-24-17(23)21(11)16-13(19)3-2-4-14(16)20/h2-7,9H,8H2,1H3. The molecule has 0 unspecified atom stereocenters. The molecule has 2 aromatic carbocycles. The first kappa shape index (κ1) is 17.1. The Morgan fingerprint density at radius 3 is 2.62 bits per heavy atom. The van der Waals surface area contributed by atoms with Crippen LogP contribution in [0.4, 0.5) is 8.78 Å². The molecule has 0 radical (unpaired) electrons. The van der Waals surface area contributed by atoms with Crippen molar-refractivity contribution in [3.63, 3.8) is 0 Å². The molecule has 7 heteroatoms. The van der Waals surface area contributed by atoms with Crippen LogP contribution in [0.3, 0.4) is 0 Å². The number of hydrogen-bond donors (Lipinski definition) is 0. The van der Waals surface area contributed by atoms with Crippen molar-refractivity contribution < 1.29 is 13.5 Å². The van der Waals surface area contributed by atoms with Crippen LogP contribution in [0.2, 0.25) is 5.02 Å². The van der Waals surface area contributed by atoms with Gasteiger partial charge in [0.1, 0.15) is 29.7 Å². The monoisotopic (exact) mass is 383 g/mol. The SMILES string of the molecule is Cc1ccc(Cl)c(OCc2csc(=S)n2-c2c(F)cccc2F)c1. The minimum Gasteiger partial charge on any atom is -0.486 e. The summed E-state index contributed by atoms with van der Waals surface area (Å²) in [5.74, 6) is -0.854. The van der Waals surface area contributed by atoms with Crippen molar-refractivity contribution in [2.75, 3.05) is 0 Å². The average Bonchev–Trinajstić information content (AvgIpc) is 2.89. The van der Waals surface area contributed by atoms with Gasteiger partial charge in [-0.1, -0.05) is 23.7 Å². The van der Waals surface area contributed by atoms with Crippen molar-refractivity contribution >= 4 is 35.2 Å². The highest BCUT2D eigenvalue weighted by Crippen LogP contribution is 2.28. The summed E-state index contributed by atoms with van der Waals surface area (Å²) >= 11 is 12.5. The van der Waals surface area contributed by atoms with Crippen molar-refractivity contribution in [3.05, 3.63) is 73.6 Å². The lowest BCUT2D eigenvalue weighted by atomic mass is 10.2. The van der Waals surface area contributed by atoms with Gasteiger partial charge in [0.05, 0.1) is 10.7 Å². The number of thiazole rings is 1. The summed E-state index contributed by atoms with van der Waals surface area (Å²) in [5.41, 5.74) is 1.35. The Labute approximate surface area is 151 Å². The minimum absolute atomic E-state index is 0.0874. The molecule has 0 aliphatic carbocycles. The molecule has 0 fully saturated rings. The van der Waals surface area contributed by atoms with Crippen LogP contribution in [0.25, 0.3) is 5.69 Å². The fraction of sp³-hybridized carbons (Fsp3) is 0.118. The highest BCUT2D eigenvalue weighted by Gasteiger charge is 2.16. The topological polar surface area (TPSA) is 14.2 Å². The number of hydrogen-bond acceptors (Lipinski definition) is 3. The lowest BCUT2D eigenvalue weighted by Gasteiger charge is -2.13. The van der Waals surface area contributed by atoms with Crippen molar-refractivity contribution in [3.8, 4) is 11.4 Å². The first-order chi connectivity index (χ1) is 11.5. The van der Waals surface area contributed by atoms with Crippen LogP contribution in [0.15, 0.2) is 41.8 Å². The van der Waals surface area contributed by atoms with Crippen LogP contribution >= 0.6 is 35.2 Å². The molecule has 0 saturated heterocycles. The van der Waals surface area contributed by atoms with E-state index in [0.717, 1.165) is 5.56 Å². The van der Waals surface area contributed by atoms with Gasteiger partial charge in [-0.2, -0.15) is 0 Å². The lowest BCUT2D eigenvalue weighted by molar-refractivity contribution is 0.298. The van der Waals surface area contributed by atoms with E-state index in [1.165, 1.54) is 34.1 Å². The van der Waals surface area contributed by atoms with E-state index < -0.39 is 11.6 Å². The number of halogens is 3. The number of aromatic nitrogens is 1. The average molecular weight is 384 g/mol. The van der Waals surface area contributed by atoms with Crippen molar-refractivity contribution in [1.82, 2.24) is 4.57 Å².